The fourth-order valence-corrected chi connectivity index (χ4v) is 2.39. The molecule has 0 aliphatic heterocycles. The summed E-state index contributed by atoms with van der Waals surface area (Å²) in [6.45, 7) is 0.566. The molecule has 0 amide bonds. The van der Waals surface area contributed by atoms with Gasteiger partial charge < -0.3 is 20.4 Å². The van der Waals surface area contributed by atoms with E-state index < -0.39 is 11.9 Å². The van der Waals surface area contributed by atoms with Crippen molar-refractivity contribution in [3.8, 4) is 11.1 Å². The van der Waals surface area contributed by atoms with Crippen LogP contribution in [0, 0.1) is 0 Å². The highest BCUT2D eigenvalue weighted by molar-refractivity contribution is 6.02. The zero-order chi connectivity index (χ0) is 19.4. The quantitative estimate of drug-likeness (QED) is 0.537. The van der Waals surface area contributed by atoms with Crippen LogP contribution < -0.4 is 0 Å². The zero-order valence-electron chi connectivity index (χ0n) is 14.5. The maximum Gasteiger partial charge on any atom is 0.336 e. The Morgan fingerprint density at radius 1 is 0.615 bits per heavy atom. The van der Waals surface area contributed by atoms with Crippen molar-refractivity contribution in [2.75, 3.05) is 13.2 Å². The number of aliphatic hydroxyl groups excluding tert-OH is 2. The summed E-state index contributed by atoms with van der Waals surface area (Å²) in [7, 11) is 0. The Hall–Kier alpha value is -2.70. The van der Waals surface area contributed by atoms with Crippen LogP contribution in [0.4, 0.5) is 0 Å². The van der Waals surface area contributed by atoms with Gasteiger partial charge in [-0.25, -0.2) is 9.59 Å². The summed E-state index contributed by atoms with van der Waals surface area (Å²) in [5.74, 6) is -2.16. The van der Waals surface area contributed by atoms with E-state index in [1.807, 2.05) is 0 Å². The van der Waals surface area contributed by atoms with Crippen molar-refractivity contribution in [1.29, 1.82) is 0 Å². The topological polar surface area (TPSA) is 115 Å². The van der Waals surface area contributed by atoms with E-state index >= 15 is 0 Å². The molecular formula is C20H24O6. The van der Waals surface area contributed by atoms with Crippen LogP contribution in [0.3, 0.4) is 0 Å². The molecule has 0 radical (unpaired) electrons. The molecule has 0 saturated carbocycles. The molecule has 0 saturated heterocycles. The third kappa shape index (κ3) is 6.66. The van der Waals surface area contributed by atoms with Gasteiger partial charge in [0.05, 0.1) is 11.1 Å². The van der Waals surface area contributed by atoms with E-state index in [0.717, 1.165) is 25.7 Å². The summed E-state index contributed by atoms with van der Waals surface area (Å²) in [4.78, 5) is 22.3. The summed E-state index contributed by atoms with van der Waals surface area (Å²) in [6.07, 6.45) is 3.83. The second-order valence-electron chi connectivity index (χ2n) is 5.56. The first-order chi connectivity index (χ1) is 12.5. The molecule has 0 heterocycles. The largest absolute Gasteiger partial charge is 0.478 e. The van der Waals surface area contributed by atoms with Gasteiger partial charge in [-0.3, -0.25) is 0 Å². The molecule has 4 N–H and O–H groups in total. The zero-order valence-corrected chi connectivity index (χ0v) is 14.5. The fourth-order valence-electron chi connectivity index (χ4n) is 2.39. The first-order valence-electron chi connectivity index (χ1n) is 8.39. The van der Waals surface area contributed by atoms with Crippen LogP contribution in [0.25, 0.3) is 11.1 Å². The maximum absolute atomic E-state index is 11.1. The molecule has 0 bridgehead atoms. The summed E-state index contributed by atoms with van der Waals surface area (Å²) in [5.41, 5.74) is 0.989. The molecule has 26 heavy (non-hydrogen) atoms. The Balaban J connectivity index is 0.000000359. The van der Waals surface area contributed by atoms with E-state index in [-0.39, 0.29) is 24.3 Å². The predicted molar refractivity (Wildman–Crippen MR) is 98.4 cm³/mol. The van der Waals surface area contributed by atoms with Gasteiger partial charge in [0.2, 0.25) is 0 Å². The second-order valence-corrected chi connectivity index (χ2v) is 5.56. The Bertz CT molecular complexity index is 649. The molecule has 0 aliphatic rings. The van der Waals surface area contributed by atoms with E-state index in [0.29, 0.717) is 11.1 Å². The molecule has 6 heteroatoms. The van der Waals surface area contributed by atoms with Crippen molar-refractivity contribution in [1.82, 2.24) is 0 Å². The number of unbranched alkanes of at least 4 members (excludes halogenated alkanes) is 3. The van der Waals surface area contributed by atoms with E-state index in [1.165, 1.54) is 12.1 Å². The molecule has 2 aromatic carbocycles. The minimum atomic E-state index is -1.08. The van der Waals surface area contributed by atoms with Crippen molar-refractivity contribution in [2.45, 2.75) is 25.7 Å². The minimum absolute atomic E-state index is 0.0891. The highest BCUT2D eigenvalue weighted by Gasteiger charge is 2.16. The van der Waals surface area contributed by atoms with Crippen molar-refractivity contribution in [3.63, 3.8) is 0 Å². The molecule has 2 aromatic rings. The van der Waals surface area contributed by atoms with Crippen molar-refractivity contribution >= 4 is 11.9 Å². The SMILES string of the molecule is O=C(O)c1ccccc1-c1ccccc1C(=O)O.OCCCCCCO. The number of hydrogen-bond donors (Lipinski definition) is 4. The number of aliphatic hydroxyl groups is 2. The third-order valence-corrected chi connectivity index (χ3v) is 3.67. The lowest BCUT2D eigenvalue weighted by Gasteiger charge is -2.08. The molecule has 0 spiro atoms. The van der Waals surface area contributed by atoms with E-state index in [1.54, 1.807) is 36.4 Å². The lowest BCUT2D eigenvalue weighted by molar-refractivity contribution is 0.0684. The number of hydrogen-bond acceptors (Lipinski definition) is 4. The van der Waals surface area contributed by atoms with Gasteiger partial charge in [-0.05, 0) is 36.1 Å². The molecule has 0 atom stereocenters. The lowest BCUT2D eigenvalue weighted by Crippen LogP contribution is -2.03. The van der Waals surface area contributed by atoms with Crippen LogP contribution in [0.1, 0.15) is 46.4 Å². The second kappa shape index (κ2) is 11.8. The lowest BCUT2D eigenvalue weighted by atomic mass is 9.95. The van der Waals surface area contributed by atoms with Crippen LogP contribution in [-0.4, -0.2) is 45.6 Å². The Morgan fingerprint density at radius 2 is 0.962 bits per heavy atom. The van der Waals surface area contributed by atoms with Gasteiger partial charge in [0.25, 0.3) is 0 Å². The van der Waals surface area contributed by atoms with Gasteiger partial charge >= 0.3 is 11.9 Å². The van der Waals surface area contributed by atoms with Gasteiger partial charge in [-0.1, -0.05) is 49.2 Å². The molecule has 6 nitrogen and oxygen atoms in total. The molecule has 0 aliphatic carbocycles. The highest BCUT2D eigenvalue weighted by atomic mass is 16.4. The van der Waals surface area contributed by atoms with E-state index in [4.69, 9.17) is 20.4 Å². The Morgan fingerprint density at radius 3 is 1.27 bits per heavy atom. The van der Waals surface area contributed by atoms with Crippen molar-refractivity contribution < 1.29 is 30.0 Å². The van der Waals surface area contributed by atoms with E-state index in [2.05, 4.69) is 0 Å². The maximum atomic E-state index is 11.1. The molecule has 0 aromatic heterocycles. The summed E-state index contributed by atoms with van der Waals surface area (Å²) >= 11 is 0. The van der Waals surface area contributed by atoms with Gasteiger partial charge in [0.1, 0.15) is 0 Å². The van der Waals surface area contributed by atoms with E-state index in [9.17, 15) is 9.59 Å². The van der Waals surface area contributed by atoms with Gasteiger partial charge in [-0.2, -0.15) is 0 Å². The summed E-state index contributed by atoms with van der Waals surface area (Å²) in [6, 6.07) is 12.7. The molecule has 0 fully saturated rings. The van der Waals surface area contributed by atoms with Gasteiger partial charge in [0.15, 0.2) is 0 Å². The van der Waals surface area contributed by atoms with Crippen molar-refractivity contribution in [2.24, 2.45) is 0 Å². The van der Waals surface area contributed by atoms with Crippen LogP contribution in [-0.2, 0) is 0 Å². The monoisotopic (exact) mass is 360 g/mol. The van der Waals surface area contributed by atoms with Crippen LogP contribution in [0.2, 0.25) is 0 Å². The number of carboxylic acids is 2. The minimum Gasteiger partial charge on any atom is -0.478 e. The standard InChI is InChI=1S/C14H10O4.C6H14O2/c15-13(16)11-7-3-1-5-9(11)10-6-2-4-8-12(10)14(17)18;7-5-3-1-2-4-6-8/h1-8H,(H,15,16)(H,17,18);7-8H,1-6H2. The molecular weight excluding hydrogens is 336 g/mol. The third-order valence-electron chi connectivity index (χ3n) is 3.67. The molecule has 2 rings (SSSR count). The average molecular weight is 360 g/mol. The summed E-state index contributed by atoms with van der Waals surface area (Å²) < 4.78 is 0. The molecule has 140 valence electrons. The molecule has 0 unspecified atom stereocenters. The van der Waals surface area contributed by atoms with Crippen LogP contribution in [0.5, 0.6) is 0 Å². The fraction of sp³-hybridized carbons (Fsp3) is 0.300. The predicted octanol–water partition coefficient (Wildman–Crippen LogP) is 3.28. The summed E-state index contributed by atoms with van der Waals surface area (Å²) in [5, 5.41) is 34.8. The number of rotatable bonds is 8. The van der Waals surface area contributed by atoms with Crippen molar-refractivity contribution in [3.05, 3.63) is 59.7 Å². The van der Waals surface area contributed by atoms with Gasteiger partial charge in [-0.15, -0.1) is 0 Å². The normalized spacial score (nSPS) is 9.92. The number of carboxylic acid groups (broad SMARTS) is 2. The highest BCUT2D eigenvalue weighted by Crippen LogP contribution is 2.27. The van der Waals surface area contributed by atoms with Crippen LogP contribution >= 0.6 is 0 Å². The first-order valence-corrected chi connectivity index (χ1v) is 8.39. The first kappa shape index (κ1) is 21.3. The van der Waals surface area contributed by atoms with Gasteiger partial charge in [0, 0.05) is 13.2 Å². The smallest absolute Gasteiger partial charge is 0.336 e. The average Bonchev–Trinajstić information content (AvgIpc) is 2.66. The number of benzene rings is 2. The van der Waals surface area contributed by atoms with Crippen LogP contribution in [0.15, 0.2) is 48.5 Å². The number of aromatic carboxylic acids is 2. The Labute approximate surface area is 152 Å². The number of carbonyl (C=O) groups is 2. The Kier molecular flexibility index (Phi) is 9.67.